The Labute approximate surface area is 118 Å². The highest BCUT2D eigenvalue weighted by molar-refractivity contribution is 9.10. The molecule has 18 heavy (non-hydrogen) atoms. The summed E-state index contributed by atoms with van der Waals surface area (Å²) in [6.45, 7) is 1.87. The van der Waals surface area contributed by atoms with Gasteiger partial charge in [0, 0.05) is 22.1 Å². The molecule has 0 fully saturated rings. The van der Waals surface area contributed by atoms with Crippen molar-refractivity contribution in [3.63, 3.8) is 0 Å². The first-order valence-electron chi connectivity index (χ1n) is 5.25. The molecule has 1 aromatic carbocycles. The number of nitrogens with one attached hydrogen (secondary N) is 1. The third-order valence-corrected chi connectivity index (χ3v) is 3.58. The molecule has 0 aliphatic carbocycles. The monoisotopic (exact) mass is 324 g/mol. The van der Waals surface area contributed by atoms with Gasteiger partial charge >= 0.3 is 0 Å². The summed E-state index contributed by atoms with van der Waals surface area (Å²) < 4.78 is 0.791. The van der Waals surface area contributed by atoms with Crippen LogP contribution >= 0.6 is 27.5 Å². The fourth-order valence-corrected chi connectivity index (χ4v) is 1.81. The van der Waals surface area contributed by atoms with E-state index < -0.39 is 0 Å². The molecular formula is C13H10BrClN2O. The fraction of sp³-hybridized carbons (Fsp3) is 0.0769. The van der Waals surface area contributed by atoms with Gasteiger partial charge in [-0.2, -0.15) is 0 Å². The van der Waals surface area contributed by atoms with Gasteiger partial charge in [-0.1, -0.05) is 11.6 Å². The summed E-state index contributed by atoms with van der Waals surface area (Å²) in [6.07, 6.45) is 1.55. The number of amides is 1. The van der Waals surface area contributed by atoms with E-state index in [9.17, 15) is 4.79 Å². The zero-order chi connectivity index (χ0) is 13.1. The third kappa shape index (κ3) is 3.09. The number of benzene rings is 1. The van der Waals surface area contributed by atoms with Gasteiger partial charge in [-0.25, -0.2) is 0 Å². The Morgan fingerprint density at radius 3 is 2.72 bits per heavy atom. The van der Waals surface area contributed by atoms with Gasteiger partial charge in [-0.15, -0.1) is 0 Å². The largest absolute Gasteiger partial charge is 0.322 e. The van der Waals surface area contributed by atoms with E-state index in [1.807, 2.05) is 6.92 Å². The van der Waals surface area contributed by atoms with Crippen molar-refractivity contribution in [1.82, 2.24) is 4.98 Å². The summed E-state index contributed by atoms with van der Waals surface area (Å²) in [5, 5.41) is 3.31. The fourth-order valence-electron chi connectivity index (χ4n) is 1.38. The molecular weight excluding hydrogens is 316 g/mol. The Morgan fingerprint density at radius 1 is 1.33 bits per heavy atom. The van der Waals surface area contributed by atoms with Crippen LogP contribution in [0.25, 0.3) is 0 Å². The van der Waals surface area contributed by atoms with Crippen molar-refractivity contribution < 1.29 is 4.79 Å². The lowest BCUT2D eigenvalue weighted by Gasteiger charge is -2.06. The molecule has 2 rings (SSSR count). The average molecular weight is 326 g/mol. The molecule has 92 valence electrons. The zero-order valence-corrected chi connectivity index (χ0v) is 11.9. The van der Waals surface area contributed by atoms with E-state index >= 15 is 0 Å². The van der Waals surface area contributed by atoms with E-state index in [4.69, 9.17) is 11.6 Å². The van der Waals surface area contributed by atoms with E-state index in [2.05, 4.69) is 26.2 Å². The van der Waals surface area contributed by atoms with Gasteiger partial charge in [-0.05, 0) is 53.2 Å². The minimum absolute atomic E-state index is 0.208. The van der Waals surface area contributed by atoms with Crippen molar-refractivity contribution in [3.05, 3.63) is 57.3 Å². The minimum Gasteiger partial charge on any atom is -0.322 e. The Balaban J connectivity index is 2.16. The number of anilines is 1. The summed E-state index contributed by atoms with van der Waals surface area (Å²) in [6, 6.07) is 8.77. The predicted molar refractivity (Wildman–Crippen MR) is 76.1 cm³/mol. The number of aromatic nitrogens is 1. The highest BCUT2D eigenvalue weighted by Gasteiger charge is 2.07. The molecule has 0 atom stereocenters. The number of nitrogens with zero attached hydrogens (tertiary/aromatic N) is 1. The predicted octanol–water partition coefficient (Wildman–Crippen LogP) is 4.06. The van der Waals surface area contributed by atoms with Crippen LogP contribution < -0.4 is 5.32 Å². The van der Waals surface area contributed by atoms with Crippen LogP contribution in [0, 0.1) is 6.92 Å². The van der Waals surface area contributed by atoms with Crippen molar-refractivity contribution in [2.75, 3.05) is 5.32 Å². The van der Waals surface area contributed by atoms with E-state index in [-0.39, 0.29) is 5.91 Å². The van der Waals surface area contributed by atoms with E-state index in [1.165, 1.54) is 0 Å². The Morgan fingerprint density at radius 2 is 2.11 bits per heavy atom. The second-order valence-electron chi connectivity index (χ2n) is 3.77. The van der Waals surface area contributed by atoms with Crippen molar-refractivity contribution in [1.29, 1.82) is 0 Å². The summed E-state index contributed by atoms with van der Waals surface area (Å²) in [5.41, 5.74) is 2.03. The molecule has 1 amide bonds. The molecule has 0 saturated carbocycles. The topological polar surface area (TPSA) is 42.0 Å². The van der Waals surface area contributed by atoms with E-state index in [0.717, 1.165) is 10.2 Å². The maximum atomic E-state index is 11.9. The first kappa shape index (κ1) is 13.1. The van der Waals surface area contributed by atoms with Gasteiger partial charge < -0.3 is 5.32 Å². The lowest BCUT2D eigenvalue weighted by Crippen LogP contribution is -2.12. The highest BCUT2D eigenvalue weighted by atomic mass is 79.9. The van der Waals surface area contributed by atoms with Gasteiger partial charge in [0.2, 0.25) is 0 Å². The number of carbonyl (C=O) groups excluding carboxylic acids is 1. The van der Waals surface area contributed by atoms with Crippen molar-refractivity contribution in [2.24, 2.45) is 0 Å². The number of rotatable bonds is 2. The number of halogens is 2. The smallest absolute Gasteiger partial charge is 0.257 e. The van der Waals surface area contributed by atoms with Gasteiger partial charge in [0.1, 0.15) is 0 Å². The van der Waals surface area contributed by atoms with Crippen LogP contribution in [-0.2, 0) is 0 Å². The maximum absolute atomic E-state index is 11.9. The Hall–Kier alpha value is -1.39. The lowest BCUT2D eigenvalue weighted by molar-refractivity contribution is 0.102. The molecule has 0 radical (unpaired) electrons. The molecule has 1 heterocycles. The molecule has 0 bridgehead atoms. The Kier molecular flexibility index (Phi) is 3.99. The van der Waals surface area contributed by atoms with E-state index in [0.29, 0.717) is 16.3 Å². The summed E-state index contributed by atoms with van der Waals surface area (Å²) in [7, 11) is 0. The second-order valence-corrected chi connectivity index (χ2v) is 5.03. The zero-order valence-electron chi connectivity index (χ0n) is 9.58. The summed E-state index contributed by atoms with van der Waals surface area (Å²) in [4.78, 5) is 16.0. The molecule has 1 aromatic heterocycles. The number of carbonyl (C=O) groups is 1. The molecule has 0 saturated heterocycles. The van der Waals surface area contributed by atoms with Crippen LogP contribution in [0.15, 0.2) is 41.0 Å². The maximum Gasteiger partial charge on any atom is 0.257 e. The van der Waals surface area contributed by atoms with Crippen LogP contribution in [0.5, 0.6) is 0 Å². The van der Waals surface area contributed by atoms with Crippen LogP contribution in [-0.4, -0.2) is 10.9 Å². The van der Waals surface area contributed by atoms with Crippen LogP contribution in [0.1, 0.15) is 16.1 Å². The highest BCUT2D eigenvalue weighted by Crippen LogP contribution is 2.25. The van der Waals surface area contributed by atoms with Gasteiger partial charge in [0.05, 0.1) is 10.6 Å². The Bertz CT molecular complexity index is 584. The summed E-state index contributed by atoms with van der Waals surface area (Å²) >= 11 is 9.25. The number of hydrogen-bond acceptors (Lipinski definition) is 2. The first-order valence-corrected chi connectivity index (χ1v) is 6.42. The van der Waals surface area contributed by atoms with Crippen LogP contribution in [0.4, 0.5) is 5.69 Å². The number of pyridine rings is 1. The van der Waals surface area contributed by atoms with Gasteiger partial charge in [-0.3, -0.25) is 9.78 Å². The molecule has 3 nitrogen and oxygen atoms in total. The van der Waals surface area contributed by atoms with E-state index in [1.54, 1.807) is 36.5 Å². The molecule has 0 unspecified atom stereocenters. The second kappa shape index (κ2) is 5.50. The average Bonchev–Trinajstić information content (AvgIpc) is 2.34. The standard InChI is InChI=1S/C13H10BrClN2O/c1-8-2-3-9(7-16-8)13(18)17-10-4-5-11(14)12(15)6-10/h2-7H,1H3,(H,17,18). The normalized spacial score (nSPS) is 10.2. The van der Waals surface area contributed by atoms with Gasteiger partial charge in [0.25, 0.3) is 5.91 Å². The van der Waals surface area contributed by atoms with Crippen LogP contribution in [0.2, 0.25) is 5.02 Å². The third-order valence-electron chi connectivity index (χ3n) is 2.35. The summed E-state index contributed by atoms with van der Waals surface area (Å²) in [5.74, 6) is -0.208. The quantitative estimate of drug-likeness (QED) is 0.905. The molecule has 5 heteroatoms. The molecule has 0 aliphatic rings. The first-order chi connectivity index (χ1) is 8.56. The van der Waals surface area contributed by atoms with Crippen molar-refractivity contribution in [3.8, 4) is 0 Å². The molecule has 1 N–H and O–H groups in total. The number of hydrogen-bond donors (Lipinski definition) is 1. The molecule has 2 aromatic rings. The number of aryl methyl sites for hydroxylation is 1. The SMILES string of the molecule is Cc1ccc(C(=O)Nc2ccc(Br)c(Cl)c2)cn1. The minimum atomic E-state index is -0.208. The molecule has 0 aliphatic heterocycles. The van der Waals surface area contributed by atoms with Crippen LogP contribution in [0.3, 0.4) is 0 Å². The van der Waals surface area contributed by atoms with Crippen molar-refractivity contribution in [2.45, 2.75) is 6.92 Å². The van der Waals surface area contributed by atoms with Gasteiger partial charge in [0.15, 0.2) is 0 Å². The molecule has 0 spiro atoms. The lowest BCUT2D eigenvalue weighted by atomic mass is 10.2. The van der Waals surface area contributed by atoms with Crippen molar-refractivity contribution >= 4 is 39.1 Å².